The van der Waals surface area contributed by atoms with E-state index in [1.807, 2.05) is 6.07 Å². The highest BCUT2D eigenvalue weighted by atomic mass is 32.1. The molecule has 1 N–H and O–H groups in total. The van der Waals surface area contributed by atoms with E-state index in [0.717, 1.165) is 23.5 Å². The number of methoxy groups -OCH3 is 1. The third kappa shape index (κ3) is 4.10. The molecule has 0 bridgehead atoms. The second-order valence-corrected chi connectivity index (χ2v) is 5.78. The SMILES string of the molecule is CCc1cccc(NCc2ccc(CC(=O)OC)s2)c1. The Morgan fingerprint density at radius 2 is 2.05 bits per heavy atom. The van der Waals surface area contributed by atoms with Crippen LogP contribution in [0.3, 0.4) is 0 Å². The molecule has 0 aliphatic carbocycles. The van der Waals surface area contributed by atoms with Crippen molar-refractivity contribution in [2.75, 3.05) is 12.4 Å². The Bertz CT molecular complexity index is 577. The molecule has 0 aliphatic rings. The van der Waals surface area contributed by atoms with Crippen molar-refractivity contribution in [3.63, 3.8) is 0 Å². The zero-order valence-electron chi connectivity index (χ0n) is 11.8. The van der Waals surface area contributed by atoms with E-state index in [1.54, 1.807) is 11.3 Å². The lowest BCUT2D eigenvalue weighted by atomic mass is 10.1. The van der Waals surface area contributed by atoms with E-state index >= 15 is 0 Å². The lowest BCUT2D eigenvalue weighted by Crippen LogP contribution is -2.02. The predicted molar refractivity (Wildman–Crippen MR) is 83.2 cm³/mol. The summed E-state index contributed by atoms with van der Waals surface area (Å²) in [5, 5.41) is 3.41. The van der Waals surface area contributed by atoms with Gasteiger partial charge in [-0.1, -0.05) is 19.1 Å². The van der Waals surface area contributed by atoms with Crippen molar-refractivity contribution in [3.05, 3.63) is 51.7 Å². The van der Waals surface area contributed by atoms with Gasteiger partial charge in [-0.2, -0.15) is 0 Å². The molecule has 1 aromatic carbocycles. The van der Waals surface area contributed by atoms with Crippen LogP contribution in [0.25, 0.3) is 0 Å². The Morgan fingerprint density at radius 1 is 1.25 bits per heavy atom. The number of carbonyl (C=O) groups is 1. The minimum absolute atomic E-state index is 0.193. The summed E-state index contributed by atoms with van der Waals surface area (Å²) in [5.74, 6) is -0.193. The predicted octanol–water partition coefficient (Wildman–Crippen LogP) is 3.64. The minimum atomic E-state index is -0.193. The minimum Gasteiger partial charge on any atom is -0.469 e. The van der Waals surface area contributed by atoms with Crippen molar-refractivity contribution in [1.29, 1.82) is 0 Å². The molecular weight excluding hydrogens is 270 g/mol. The molecule has 4 heteroatoms. The van der Waals surface area contributed by atoms with Gasteiger partial charge < -0.3 is 10.1 Å². The van der Waals surface area contributed by atoms with Crippen LogP contribution in [0.1, 0.15) is 22.2 Å². The number of carbonyl (C=O) groups excluding carboxylic acids is 1. The molecule has 0 aliphatic heterocycles. The van der Waals surface area contributed by atoms with Gasteiger partial charge in [0.2, 0.25) is 0 Å². The molecule has 0 atom stereocenters. The molecule has 3 nitrogen and oxygen atoms in total. The fourth-order valence-corrected chi connectivity index (χ4v) is 2.86. The van der Waals surface area contributed by atoms with Crippen LogP contribution in [-0.4, -0.2) is 13.1 Å². The van der Waals surface area contributed by atoms with E-state index in [9.17, 15) is 4.79 Å². The highest BCUT2D eigenvalue weighted by Gasteiger charge is 2.06. The fourth-order valence-electron chi connectivity index (χ4n) is 1.92. The third-order valence-corrected chi connectivity index (χ3v) is 4.15. The van der Waals surface area contributed by atoms with Crippen LogP contribution >= 0.6 is 11.3 Å². The molecule has 2 rings (SSSR count). The number of hydrogen-bond acceptors (Lipinski definition) is 4. The lowest BCUT2D eigenvalue weighted by Gasteiger charge is -2.06. The molecule has 0 unspecified atom stereocenters. The van der Waals surface area contributed by atoms with Crippen LogP contribution in [0.15, 0.2) is 36.4 Å². The van der Waals surface area contributed by atoms with Gasteiger partial charge in [0.05, 0.1) is 13.5 Å². The molecule has 0 saturated heterocycles. The summed E-state index contributed by atoms with van der Waals surface area (Å²) in [7, 11) is 1.42. The van der Waals surface area contributed by atoms with Gasteiger partial charge in [-0.05, 0) is 36.2 Å². The van der Waals surface area contributed by atoms with Crippen molar-refractivity contribution in [2.45, 2.75) is 26.3 Å². The quantitative estimate of drug-likeness (QED) is 0.825. The smallest absolute Gasteiger partial charge is 0.310 e. The maximum Gasteiger partial charge on any atom is 0.310 e. The number of hydrogen-bond donors (Lipinski definition) is 1. The summed E-state index contributed by atoms with van der Waals surface area (Å²) in [6.07, 6.45) is 1.39. The first-order chi connectivity index (χ1) is 9.71. The summed E-state index contributed by atoms with van der Waals surface area (Å²) in [6, 6.07) is 12.5. The monoisotopic (exact) mass is 289 g/mol. The van der Waals surface area contributed by atoms with Crippen molar-refractivity contribution >= 4 is 23.0 Å². The molecule has 0 fully saturated rings. The largest absolute Gasteiger partial charge is 0.469 e. The second kappa shape index (κ2) is 7.10. The number of benzene rings is 1. The van der Waals surface area contributed by atoms with Crippen LogP contribution < -0.4 is 5.32 Å². The highest BCUT2D eigenvalue weighted by molar-refractivity contribution is 7.12. The van der Waals surface area contributed by atoms with E-state index in [4.69, 9.17) is 0 Å². The van der Waals surface area contributed by atoms with Crippen molar-refractivity contribution in [2.24, 2.45) is 0 Å². The van der Waals surface area contributed by atoms with Crippen LogP contribution in [-0.2, 0) is 28.9 Å². The molecule has 0 radical (unpaired) electrons. The molecule has 0 spiro atoms. The van der Waals surface area contributed by atoms with Gasteiger partial charge >= 0.3 is 5.97 Å². The second-order valence-electron chi connectivity index (χ2n) is 4.53. The van der Waals surface area contributed by atoms with Crippen LogP contribution in [0, 0.1) is 0 Å². The number of rotatable bonds is 6. The molecule has 1 heterocycles. The molecule has 0 amide bonds. The van der Waals surface area contributed by atoms with Crippen LogP contribution in [0.5, 0.6) is 0 Å². The molecule has 106 valence electrons. The van der Waals surface area contributed by atoms with Gasteiger partial charge in [0.1, 0.15) is 0 Å². The number of anilines is 1. The summed E-state index contributed by atoms with van der Waals surface area (Å²) in [4.78, 5) is 13.5. The molecule has 2 aromatic rings. The Morgan fingerprint density at radius 3 is 2.80 bits per heavy atom. The van der Waals surface area contributed by atoms with Crippen molar-refractivity contribution < 1.29 is 9.53 Å². The first-order valence-electron chi connectivity index (χ1n) is 6.68. The molecule has 1 aromatic heterocycles. The zero-order chi connectivity index (χ0) is 14.4. The first kappa shape index (κ1) is 14.6. The molecular formula is C16H19NO2S. The zero-order valence-corrected chi connectivity index (χ0v) is 12.6. The van der Waals surface area contributed by atoms with Crippen molar-refractivity contribution in [3.8, 4) is 0 Å². The summed E-state index contributed by atoms with van der Waals surface area (Å²) in [6.45, 7) is 2.93. The summed E-state index contributed by atoms with van der Waals surface area (Å²) < 4.78 is 4.67. The van der Waals surface area contributed by atoms with Crippen LogP contribution in [0.4, 0.5) is 5.69 Å². The Hall–Kier alpha value is -1.81. The van der Waals surface area contributed by atoms with E-state index in [-0.39, 0.29) is 5.97 Å². The summed E-state index contributed by atoms with van der Waals surface area (Å²) in [5.41, 5.74) is 2.46. The topological polar surface area (TPSA) is 38.3 Å². The molecule has 0 saturated carbocycles. The van der Waals surface area contributed by atoms with E-state index in [1.165, 1.54) is 17.6 Å². The number of nitrogens with one attached hydrogen (secondary N) is 1. The average Bonchev–Trinajstić information content (AvgIpc) is 2.92. The van der Waals surface area contributed by atoms with Crippen LogP contribution in [0.2, 0.25) is 0 Å². The van der Waals surface area contributed by atoms with Gasteiger partial charge in [-0.3, -0.25) is 4.79 Å². The number of aryl methyl sites for hydroxylation is 1. The average molecular weight is 289 g/mol. The Balaban J connectivity index is 1.92. The lowest BCUT2D eigenvalue weighted by molar-refractivity contribution is -0.139. The van der Waals surface area contributed by atoms with Gasteiger partial charge in [-0.25, -0.2) is 0 Å². The third-order valence-electron chi connectivity index (χ3n) is 3.07. The normalized spacial score (nSPS) is 10.3. The van der Waals surface area contributed by atoms with Crippen molar-refractivity contribution in [1.82, 2.24) is 0 Å². The van der Waals surface area contributed by atoms with Gasteiger partial charge in [0.15, 0.2) is 0 Å². The van der Waals surface area contributed by atoms with E-state index in [2.05, 4.69) is 47.3 Å². The van der Waals surface area contributed by atoms with E-state index in [0.29, 0.717) is 6.42 Å². The summed E-state index contributed by atoms with van der Waals surface area (Å²) >= 11 is 1.64. The fraction of sp³-hybridized carbons (Fsp3) is 0.312. The molecule has 20 heavy (non-hydrogen) atoms. The Kier molecular flexibility index (Phi) is 5.18. The van der Waals surface area contributed by atoms with E-state index < -0.39 is 0 Å². The number of thiophene rings is 1. The number of ether oxygens (including phenoxy) is 1. The maximum atomic E-state index is 11.2. The highest BCUT2D eigenvalue weighted by Crippen LogP contribution is 2.19. The van der Waals surface area contributed by atoms with Gasteiger partial charge in [-0.15, -0.1) is 11.3 Å². The maximum absolute atomic E-state index is 11.2. The van der Waals surface area contributed by atoms with Gasteiger partial charge in [0.25, 0.3) is 0 Å². The standard InChI is InChI=1S/C16H19NO2S/c1-3-12-5-4-6-13(9-12)17-11-15-8-7-14(20-15)10-16(18)19-2/h4-9,17H,3,10-11H2,1-2H3. The Labute approximate surface area is 123 Å². The first-order valence-corrected chi connectivity index (χ1v) is 7.50. The van der Waals surface area contributed by atoms with Gasteiger partial charge in [0, 0.05) is 22.0 Å². The number of esters is 1.